The Morgan fingerprint density at radius 1 is 0.781 bits per heavy atom. The van der Waals surface area contributed by atoms with E-state index in [0.717, 1.165) is 46.5 Å². The zero-order valence-corrected chi connectivity index (χ0v) is 36.0. The van der Waals surface area contributed by atoms with Gasteiger partial charge in [0, 0.05) is 68.7 Å². The van der Waals surface area contributed by atoms with E-state index >= 15 is 0 Å². The summed E-state index contributed by atoms with van der Waals surface area (Å²) in [4.78, 5) is 55.0. The van der Waals surface area contributed by atoms with Crippen molar-refractivity contribution in [2.45, 2.75) is 70.4 Å². The number of hydrogen-bond acceptors (Lipinski definition) is 9. The molecule has 13 nitrogen and oxygen atoms in total. The van der Waals surface area contributed by atoms with Crippen molar-refractivity contribution in [2.75, 3.05) is 31.5 Å². The Balaban J connectivity index is 0.761. The van der Waals surface area contributed by atoms with Gasteiger partial charge in [0.2, 0.25) is 17.4 Å². The largest absolute Gasteiger partial charge is 0.506 e. The number of hydrogen-bond donors (Lipinski definition) is 7. The Morgan fingerprint density at radius 3 is 2.28 bits per heavy atom. The molecule has 2 heterocycles. The predicted octanol–water partition coefficient (Wildman–Crippen LogP) is 6.73. The van der Waals surface area contributed by atoms with Crippen molar-refractivity contribution in [3.8, 4) is 16.9 Å². The lowest BCUT2D eigenvalue weighted by atomic mass is 10.0. The lowest BCUT2D eigenvalue weighted by Gasteiger charge is -2.31. The number of anilines is 1. The standard InChI is InChI=1S/C51H56N6O7/c1-34(52-33-46(59)42-18-20-45(58)50-43(42)19-21-48(61)56-50)28-37-8-7-9-38(29-37)32-54-49(62)30-35-14-16-36(17-15-35)31-53-47(60)24-27-57-25-22-40(23-26-57)64-51(63)55-44-13-6-5-12-41(44)39-10-3-2-4-11-39/h2-21,29,34,40,46,52,58-59H,22-28,30-33H2,1H3,(H,53,60)(H,54,62)(H,55,63)(H,56,61)/t34-,46+/m1/s1. The second-order valence-corrected chi connectivity index (χ2v) is 16.4. The van der Waals surface area contributed by atoms with Crippen LogP contribution in [0.5, 0.6) is 5.75 Å². The molecule has 0 spiro atoms. The first-order valence-corrected chi connectivity index (χ1v) is 21.9. The average Bonchev–Trinajstić information content (AvgIpc) is 3.30. The first-order valence-electron chi connectivity index (χ1n) is 21.9. The number of ether oxygens (including phenoxy) is 1. The van der Waals surface area contributed by atoms with E-state index < -0.39 is 12.2 Å². The van der Waals surface area contributed by atoms with Crippen LogP contribution in [0, 0.1) is 0 Å². The summed E-state index contributed by atoms with van der Waals surface area (Å²) in [6.45, 7) is 5.21. The Labute approximate surface area is 372 Å². The number of rotatable bonds is 18. The van der Waals surface area contributed by atoms with Gasteiger partial charge < -0.3 is 40.8 Å². The van der Waals surface area contributed by atoms with Gasteiger partial charge in [0.1, 0.15) is 11.9 Å². The van der Waals surface area contributed by atoms with Gasteiger partial charge in [0.25, 0.3) is 0 Å². The number of para-hydroxylation sites is 1. The third kappa shape index (κ3) is 12.9. The summed E-state index contributed by atoms with van der Waals surface area (Å²) in [6, 6.07) is 39.4. The molecule has 1 aromatic heterocycles. The molecule has 1 aliphatic heterocycles. The molecule has 0 aliphatic carbocycles. The molecule has 7 N–H and O–H groups in total. The highest BCUT2D eigenvalue weighted by Gasteiger charge is 2.23. The van der Waals surface area contributed by atoms with Crippen LogP contribution in [-0.4, -0.2) is 76.3 Å². The number of carbonyl (C=O) groups excluding carboxylic acids is 3. The number of aliphatic hydroxyl groups is 1. The molecule has 2 atom stereocenters. The Hall–Kier alpha value is -6.80. The van der Waals surface area contributed by atoms with E-state index in [1.165, 1.54) is 12.1 Å². The van der Waals surface area contributed by atoms with Crippen LogP contribution >= 0.6 is 0 Å². The number of aromatic amines is 1. The van der Waals surface area contributed by atoms with Crippen molar-refractivity contribution in [3.05, 3.63) is 166 Å². The molecule has 64 heavy (non-hydrogen) atoms. The molecule has 1 fully saturated rings. The number of phenolic OH excluding ortho intramolecular Hbond substituents is 1. The fourth-order valence-corrected chi connectivity index (χ4v) is 8.04. The SMILES string of the molecule is C[C@H](Cc1cccc(CNC(=O)Cc2ccc(CNC(=O)CCN3CCC(OC(=O)Nc4ccccc4-c4ccccc4)CC3)cc2)c1)NC[C@H](O)c1ccc(O)c2[nH]c(=O)ccc12. The number of benzene rings is 5. The third-order valence-electron chi connectivity index (χ3n) is 11.5. The van der Waals surface area contributed by atoms with E-state index in [4.69, 9.17) is 4.74 Å². The van der Waals surface area contributed by atoms with Crippen LogP contribution in [0.2, 0.25) is 0 Å². The molecule has 1 aliphatic rings. The lowest BCUT2D eigenvalue weighted by Crippen LogP contribution is -2.40. The molecule has 3 amide bonds. The number of pyridine rings is 1. The first-order chi connectivity index (χ1) is 31.1. The van der Waals surface area contributed by atoms with Crippen molar-refractivity contribution in [3.63, 3.8) is 0 Å². The number of piperidine rings is 1. The molecule has 0 radical (unpaired) electrons. The van der Waals surface area contributed by atoms with Crippen LogP contribution in [0.3, 0.4) is 0 Å². The number of amides is 3. The van der Waals surface area contributed by atoms with Crippen LogP contribution in [0.15, 0.2) is 132 Å². The van der Waals surface area contributed by atoms with Crippen molar-refractivity contribution in [1.82, 2.24) is 25.8 Å². The van der Waals surface area contributed by atoms with Crippen LogP contribution < -0.4 is 26.8 Å². The second-order valence-electron chi connectivity index (χ2n) is 16.4. The lowest BCUT2D eigenvalue weighted by molar-refractivity contribution is -0.122. The van der Waals surface area contributed by atoms with Gasteiger partial charge in [-0.3, -0.25) is 19.7 Å². The minimum absolute atomic E-state index is 0.0350. The molecule has 332 valence electrons. The minimum Gasteiger partial charge on any atom is -0.506 e. The number of nitrogens with zero attached hydrogens (tertiary/aromatic N) is 1. The fraction of sp³-hybridized carbons (Fsp3) is 0.294. The monoisotopic (exact) mass is 864 g/mol. The number of carbonyl (C=O) groups is 3. The van der Waals surface area contributed by atoms with Crippen LogP contribution in [0.25, 0.3) is 22.0 Å². The summed E-state index contributed by atoms with van der Waals surface area (Å²) in [7, 11) is 0. The first kappa shape index (κ1) is 45.2. The highest BCUT2D eigenvalue weighted by Crippen LogP contribution is 2.30. The third-order valence-corrected chi connectivity index (χ3v) is 11.5. The van der Waals surface area contributed by atoms with Gasteiger partial charge in [-0.05, 0) is 77.8 Å². The molecule has 13 heteroatoms. The number of aromatic nitrogens is 1. The maximum Gasteiger partial charge on any atom is 0.411 e. The van der Waals surface area contributed by atoms with Crippen LogP contribution in [-0.2, 0) is 40.3 Å². The van der Waals surface area contributed by atoms with Crippen molar-refractivity contribution < 1.29 is 29.3 Å². The van der Waals surface area contributed by atoms with E-state index in [0.29, 0.717) is 67.5 Å². The van der Waals surface area contributed by atoms with Crippen molar-refractivity contribution >= 4 is 34.5 Å². The van der Waals surface area contributed by atoms with Gasteiger partial charge in [-0.25, -0.2) is 4.79 Å². The highest BCUT2D eigenvalue weighted by atomic mass is 16.6. The molecule has 7 rings (SSSR count). The maximum atomic E-state index is 12.9. The number of aromatic hydroxyl groups is 1. The average molecular weight is 865 g/mol. The molecular weight excluding hydrogens is 809 g/mol. The normalized spacial score (nSPS) is 14.1. The van der Waals surface area contributed by atoms with Crippen LogP contribution in [0.4, 0.5) is 10.5 Å². The van der Waals surface area contributed by atoms with Crippen molar-refractivity contribution in [1.29, 1.82) is 0 Å². The summed E-state index contributed by atoms with van der Waals surface area (Å²) >= 11 is 0. The maximum absolute atomic E-state index is 12.9. The molecule has 0 bridgehead atoms. The zero-order chi connectivity index (χ0) is 44.8. The van der Waals surface area contributed by atoms with Gasteiger partial charge in [-0.1, -0.05) is 103 Å². The van der Waals surface area contributed by atoms with Crippen LogP contribution in [0.1, 0.15) is 60.1 Å². The second kappa shape index (κ2) is 22.0. The van der Waals surface area contributed by atoms with E-state index in [9.17, 15) is 29.4 Å². The predicted molar refractivity (Wildman–Crippen MR) is 249 cm³/mol. The summed E-state index contributed by atoms with van der Waals surface area (Å²) in [5.74, 6) is -0.178. The molecule has 0 unspecified atom stereocenters. The number of nitrogens with one attached hydrogen (secondary N) is 5. The molecular formula is C51H56N6O7. The number of H-pyrrole nitrogens is 1. The number of likely N-dealkylation sites (tertiary alicyclic amines) is 1. The van der Waals surface area contributed by atoms with Crippen molar-refractivity contribution in [2.24, 2.45) is 0 Å². The van der Waals surface area contributed by atoms with E-state index in [2.05, 4.69) is 37.2 Å². The smallest absolute Gasteiger partial charge is 0.411 e. The van der Waals surface area contributed by atoms with Gasteiger partial charge in [0.15, 0.2) is 0 Å². The number of phenols is 1. The summed E-state index contributed by atoms with van der Waals surface area (Å²) < 4.78 is 5.76. The molecule has 5 aromatic carbocycles. The Kier molecular flexibility index (Phi) is 15.6. The van der Waals surface area contributed by atoms with E-state index in [-0.39, 0.29) is 48.2 Å². The van der Waals surface area contributed by atoms with E-state index in [1.54, 1.807) is 12.1 Å². The van der Waals surface area contributed by atoms with E-state index in [1.807, 2.05) is 104 Å². The number of aliphatic hydroxyl groups excluding tert-OH is 1. The topological polar surface area (TPSA) is 185 Å². The Morgan fingerprint density at radius 2 is 1.48 bits per heavy atom. The Bertz CT molecular complexity index is 2570. The molecule has 6 aromatic rings. The minimum atomic E-state index is -0.853. The van der Waals surface area contributed by atoms with Gasteiger partial charge >= 0.3 is 6.09 Å². The summed E-state index contributed by atoms with van der Waals surface area (Å²) in [5.41, 5.74) is 7.12. The molecule has 1 saturated heterocycles. The van der Waals surface area contributed by atoms with Gasteiger partial charge in [-0.2, -0.15) is 0 Å². The molecule has 0 saturated carbocycles. The quantitative estimate of drug-likeness (QED) is 0.0492. The van der Waals surface area contributed by atoms with Gasteiger partial charge in [0.05, 0.1) is 23.7 Å². The fourth-order valence-electron chi connectivity index (χ4n) is 8.04. The number of fused-ring (bicyclic) bond motifs is 1. The summed E-state index contributed by atoms with van der Waals surface area (Å²) in [6.07, 6.45) is 1.21. The highest BCUT2D eigenvalue weighted by molar-refractivity contribution is 5.91. The summed E-state index contributed by atoms with van der Waals surface area (Å²) in [5, 5.41) is 34.0. The zero-order valence-electron chi connectivity index (χ0n) is 36.0. The van der Waals surface area contributed by atoms with Gasteiger partial charge in [-0.15, -0.1) is 0 Å².